The highest BCUT2D eigenvalue weighted by molar-refractivity contribution is 6.22. The lowest BCUT2D eigenvalue weighted by Crippen LogP contribution is -2.31. The van der Waals surface area contributed by atoms with Gasteiger partial charge in [-0.05, 0) is 55.7 Å². The number of hydrogen-bond donors (Lipinski definition) is 1. The second-order valence-electron chi connectivity index (χ2n) is 6.76. The van der Waals surface area contributed by atoms with Crippen LogP contribution in [-0.4, -0.2) is 11.3 Å². The molecule has 0 spiro atoms. The predicted octanol–water partition coefficient (Wildman–Crippen LogP) is 4.78. The molecule has 1 N–H and O–H groups in total. The van der Waals surface area contributed by atoms with E-state index in [9.17, 15) is 13.6 Å². The van der Waals surface area contributed by atoms with Crippen LogP contribution in [0.5, 0.6) is 0 Å². The largest absolute Gasteiger partial charge is 0.376 e. The van der Waals surface area contributed by atoms with E-state index in [0.29, 0.717) is 16.7 Å². The van der Waals surface area contributed by atoms with Gasteiger partial charge in [-0.25, -0.2) is 8.78 Å². The Labute approximate surface area is 132 Å². The molecule has 116 valence electrons. The molecule has 1 heterocycles. The van der Waals surface area contributed by atoms with Gasteiger partial charge in [0.25, 0.3) is 0 Å². The molecule has 0 saturated heterocycles. The van der Waals surface area contributed by atoms with Gasteiger partial charge in [0, 0.05) is 22.9 Å². The number of rotatable bonds is 0. The molecule has 0 radical (unpaired) electrons. The van der Waals surface area contributed by atoms with E-state index < -0.39 is 11.6 Å². The molecule has 2 aromatic rings. The second kappa shape index (κ2) is 4.28. The van der Waals surface area contributed by atoms with Gasteiger partial charge in [-0.2, -0.15) is 0 Å². The van der Waals surface area contributed by atoms with Crippen molar-refractivity contribution in [1.29, 1.82) is 0 Å². The molecule has 0 fully saturated rings. The number of carbonyl (C=O) groups is 1. The average Bonchev–Trinajstić information content (AvgIpc) is 2.69. The number of nitrogens with one attached hydrogen (secondary N) is 1. The van der Waals surface area contributed by atoms with Crippen molar-refractivity contribution in [1.82, 2.24) is 0 Å². The van der Waals surface area contributed by atoms with Crippen molar-refractivity contribution >= 4 is 17.0 Å². The molecule has 1 aliphatic carbocycles. The lowest BCUT2D eigenvalue weighted by molar-refractivity contribution is 0.104. The lowest BCUT2D eigenvalue weighted by Gasteiger charge is -2.31. The second-order valence-corrected chi connectivity index (χ2v) is 6.76. The standard InChI is InChI=1S/C19H15F2NO/c1-9-8-19(2,3)22-16-7-14-12(6-11(9)16)13-4-10(20)5-15(21)17(13)18(14)23/h4-8,22H,1-3H3. The highest BCUT2D eigenvalue weighted by Gasteiger charge is 2.33. The number of anilines is 1. The Morgan fingerprint density at radius 2 is 1.70 bits per heavy atom. The number of fused-ring (bicyclic) bond motifs is 4. The third-order valence-electron chi connectivity index (χ3n) is 4.43. The Morgan fingerprint density at radius 1 is 0.957 bits per heavy atom. The van der Waals surface area contributed by atoms with Gasteiger partial charge in [-0.3, -0.25) is 4.79 Å². The molecule has 0 amide bonds. The molecule has 1 aliphatic heterocycles. The van der Waals surface area contributed by atoms with Gasteiger partial charge in [-0.1, -0.05) is 6.08 Å². The van der Waals surface area contributed by atoms with Crippen LogP contribution in [0.25, 0.3) is 16.7 Å². The summed E-state index contributed by atoms with van der Waals surface area (Å²) >= 11 is 0. The Hall–Kier alpha value is -2.49. The van der Waals surface area contributed by atoms with E-state index in [1.54, 1.807) is 6.07 Å². The molecule has 2 aromatic carbocycles. The first kappa shape index (κ1) is 14.1. The van der Waals surface area contributed by atoms with E-state index in [2.05, 4.69) is 11.4 Å². The Balaban J connectivity index is 2.00. The maximum Gasteiger partial charge on any atom is 0.197 e. The molecule has 0 atom stereocenters. The Morgan fingerprint density at radius 3 is 2.43 bits per heavy atom. The summed E-state index contributed by atoms with van der Waals surface area (Å²) in [6.07, 6.45) is 2.10. The van der Waals surface area contributed by atoms with Crippen molar-refractivity contribution in [2.75, 3.05) is 5.32 Å². The maximum atomic E-state index is 14.1. The Bertz CT molecular complexity index is 925. The zero-order valence-electron chi connectivity index (χ0n) is 13.1. The average molecular weight is 311 g/mol. The molecule has 4 heteroatoms. The summed E-state index contributed by atoms with van der Waals surface area (Å²) in [6, 6.07) is 5.59. The SMILES string of the molecule is CC1=CC(C)(C)Nc2cc3c(cc21)-c1cc(F)cc(F)c1C3=O. The molecule has 0 unspecified atom stereocenters. The van der Waals surface area contributed by atoms with E-state index in [4.69, 9.17) is 0 Å². The molecular weight excluding hydrogens is 296 g/mol. The van der Waals surface area contributed by atoms with Gasteiger partial charge in [0.05, 0.1) is 11.1 Å². The molecular formula is C19H15F2NO. The van der Waals surface area contributed by atoms with Crippen molar-refractivity contribution in [3.05, 3.63) is 58.7 Å². The fourth-order valence-electron chi connectivity index (χ4n) is 3.59. The van der Waals surface area contributed by atoms with Crippen molar-refractivity contribution in [2.45, 2.75) is 26.3 Å². The summed E-state index contributed by atoms with van der Waals surface area (Å²) in [5.74, 6) is -1.87. The topological polar surface area (TPSA) is 29.1 Å². The molecule has 2 nitrogen and oxygen atoms in total. The lowest BCUT2D eigenvalue weighted by atomic mass is 9.89. The number of benzene rings is 2. The summed E-state index contributed by atoms with van der Waals surface area (Å²) in [5, 5.41) is 3.37. The summed E-state index contributed by atoms with van der Waals surface area (Å²) < 4.78 is 27.6. The van der Waals surface area contributed by atoms with Crippen LogP contribution in [0, 0.1) is 11.6 Å². The van der Waals surface area contributed by atoms with Gasteiger partial charge < -0.3 is 5.32 Å². The first-order valence-corrected chi connectivity index (χ1v) is 7.47. The van der Waals surface area contributed by atoms with Crippen LogP contribution in [0.3, 0.4) is 0 Å². The summed E-state index contributed by atoms with van der Waals surface area (Å²) in [7, 11) is 0. The number of carbonyl (C=O) groups excluding carboxylic acids is 1. The van der Waals surface area contributed by atoms with E-state index in [1.807, 2.05) is 26.8 Å². The first-order valence-electron chi connectivity index (χ1n) is 7.47. The van der Waals surface area contributed by atoms with Crippen LogP contribution in [0.4, 0.5) is 14.5 Å². The summed E-state index contributed by atoms with van der Waals surface area (Å²) in [5.41, 5.74) is 3.95. The first-order chi connectivity index (χ1) is 10.8. The molecule has 0 aromatic heterocycles. The van der Waals surface area contributed by atoms with Gasteiger partial charge >= 0.3 is 0 Å². The predicted molar refractivity (Wildman–Crippen MR) is 86.6 cm³/mol. The minimum absolute atomic E-state index is 0.0374. The number of ketones is 1. The third-order valence-corrected chi connectivity index (χ3v) is 4.43. The van der Waals surface area contributed by atoms with Crippen molar-refractivity contribution in [2.24, 2.45) is 0 Å². The molecule has 2 aliphatic rings. The highest BCUT2D eigenvalue weighted by Crippen LogP contribution is 2.44. The number of hydrogen-bond acceptors (Lipinski definition) is 2. The van der Waals surface area contributed by atoms with Crippen LogP contribution in [0.1, 0.15) is 42.3 Å². The molecule has 0 bridgehead atoms. The third kappa shape index (κ3) is 1.94. The van der Waals surface area contributed by atoms with E-state index in [-0.39, 0.29) is 16.9 Å². The minimum Gasteiger partial charge on any atom is -0.376 e. The van der Waals surface area contributed by atoms with Crippen LogP contribution in [0.15, 0.2) is 30.3 Å². The van der Waals surface area contributed by atoms with Gasteiger partial charge in [-0.15, -0.1) is 0 Å². The highest BCUT2D eigenvalue weighted by atomic mass is 19.1. The summed E-state index contributed by atoms with van der Waals surface area (Å²) in [4.78, 5) is 12.5. The van der Waals surface area contributed by atoms with Crippen molar-refractivity contribution in [3.8, 4) is 11.1 Å². The number of halogens is 2. The molecule has 4 rings (SSSR count). The Kier molecular flexibility index (Phi) is 2.63. The fourth-order valence-corrected chi connectivity index (χ4v) is 3.59. The van der Waals surface area contributed by atoms with Crippen LogP contribution in [-0.2, 0) is 0 Å². The van der Waals surface area contributed by atoms with Crippen molar-refractivity contribution < 1.29 is 13.6 Å². The van der Waals surface area contributed by atoms with E-state index in [0.717, 1.165) is 22.9 Å². The van der Waals surface area contributed by atoms with Crippen molar-refractivity contribution in [3.63, 3.8) is 0 Å². The zero-order valence-corrected chi connectivity index (χ0v) is 13.1. The van der Waals surface area contributed by atoms with Gasteiger partial charge in [0.15, 0.2) is 5.78 Å². The fraction of sp³-hybridized carbons (Fsp3) is 0.211. The number of allylic oxidation sites excluding steroid dienone is 1. The van der Waals surface area contributed by atoms with E-state index in [1.165, 1.54) is 6.07 Å². The minimum atomic E-state index is -0.806. The van der Waals surface area contributed by atoms with Crippen LogP contribution in [0.2, 0.25) is 0 Å². The normalized spacial score (nSPS) is 17.1. The monoisotopic (exact) mass is 311 g/mol. The van der Waals surface area contributed by atoms with Crippen LogP contribution >= 0.6 is 0 Å². The quantitative estimate of drug-likeness (QED) is 0.647. The molecule has 23 heavy (non-hydrogen) atoms. The van der Waals surface area contributed by atoms with Gasteiger partial charge in [0.2, 0.25) is 0 Å². The summed E-state index contributed by atoms with van der Waals surface area (Å²) in [6.45, 7) is 6.08. The van der Waals surface area contributed by atoms with E-state index >= 15 is 0 Å². The molecule has 0 saturated carbocycles. The van der Waals surface area contributed by atoms with Gasteiger partial charge in [0.1, 0.15) is 11.6 Å². The van der Waals surface area contributed by atoms with Crippen LogP contribution < -0.4 is 5.32 Å². The zero-order chi connectivity index (χ0) is 16.5. The maximum absolute atomic E-state index is 14.1. The smallest absolute Gasteiger partial charge is 0.197 e.